The van der Waals surface area contributed by atoms with Gasteiger partial charge in [0.15, 0.2) is 0 Å². The van der Waals surface area contributed by atoms with Crippen molar-refractivity contribution in [3.05, 3.63) is 41.6 Å². The van der Waals surface area contributed by atoms with Gasteiger partial charge in [-0.25, -0.2) is 4.79 Å². The maximum atomic E-state index is 11.3. The van der Waals surface area contributed by atoms with Crippen LogP contribution in [0.15, 0.2) is 30.5 Å². The molecule has 0 fully saturated rings. The SMILES string of the molecule is Cc1ccc(/C=C/NC(=O)NCCOCCO)cc1. The molecule has 0 heterocycles. The number of hydrogen-bond donors (Lipinski definition) is 3. The zero-order chi connectivity index (χ0) is 13.9. The number of ether oxygens (including phenoxy) is 1. The van der Waals surface area contributed by atoms with Gasteiger partial charge >= 0.3 is 6.03 Å². The van der Waals surface area contributed by atoms with Gasteiger partial charge < -0.3 is 20.5 Å². The number of nitrogens with one attached hydrogen (secondary N) is 2. The van der Waals surface area contributed by atoms with Crippen molar-refractivity contribution >= 4 is 12.1 Å². The van der Waals surface area contributed by atoms with Crippen molar-refractivity contribution in [1.82, 2.24) is 10.6 Å². The molecule has 104 valence electrons. The van der Waals surface area contributed by atoms with E-state index >= 15 is 0 Å². The molecule has 5 heteroatoms. The molecule has 2 amide bonds. The number of aliphatic hydroxyl groups excluding tert-OH is 1. The lowest BCUT2D eigenvalue weighted by Gasteiger charge is -2.04. The highest BCUT2D eigenvalue weighted by atomic mass is 16.5. The maximum absolute atomic E-state index is 11.3. The quantitative estimate of drug-likeness (QED) is 0.650. The predicted molar refractivity (Wildman–Crippen MR) is 74.7 cm³/mol. The molecule has 19 heavy (non-hydrogen) atoms. The molecule has 0 aliphatic rings. The van der Waals surface area contributed by atoms with Crippen LogP contribution in [0.5, 0.6) is 0 Å². The highest BCUT2D eigenvalue weighted by molar-refractivity contribution is 5.75. The first-order valence-corrected chi connectivity index (χ1v) is 6.18. The molecule has 0 radical (unpaired) electrons. The Balaban J connectivity index is 2.17. The first-order chi connectivity index (χ1) is 9.22. The largest absolute Gasteiger partial charge is 0.394 e. The van der Waals surface area contributed by atoms with E-state index < -0.39 is 0 Å². The van der Waals surface area contributed by atoms with Crippen molar-refractivity contribution in [2.24, 2.45) is 0 Å². The number of hydrogen-bond acceptors (Lipinski definition) is 3. The molecule has 1 aromatic carbocycles. The highest BCUT2D eigenvalue weighted by Gasteiger charge is 1.95. The molecular weight excluding hydrogens is 244 g/mol. The van der Waals surface area contributed by atoms with Crippen molar-refractivity contribution in [2.45, 2.75) is 6.92 Å². The monoisotopic (exact) mass is 264 g/mol. The van der Waals surface area contributed by atoms with E-state index in [2.05, 4.69) is 10.6 Å². The first kappa shape index (κ1) is 15.2. The van der Waals surface area contributed by atoms with Gasteiger partial charge in [0.25, 0.3) is 0 Å². The van der Waals surface area contributed by atoms with E-state index in [1.165, 1.54) is 5.56 Å². The lowest BCUT2D eigenvalue weighted by Crippen LogP contribution is -2.34. The molecule has 0 bridgehead atoms. The Morgan fingerprint density at radius 2 is 2.05 bits per heavy atom. The number of aryl methyl sites for hydroxylation is 1. The molecule has 1 aromatic rings. The highest BCUT2D eigenvalue weighted by Crippen LogP contribution is 2.03. The zero-order valence-corrected chi connectivity index (χ0v) is 11.1. The third-order valence-corrected chi connectivity index (χ3v) is 2.34. The number of aliphatic hydroxyl groups is 1. The molecule has 0 aromatic heterocycles. The third kappa shape index (κ3) is 7.23. The van der Waals surface area contributed by atoms with Gasteiger partial charge in [-0.3, -0.25) is 0 Å². The number of carbonyl (C=O) groups is 1. The summed E-state index contributed by atoms with van der Waals surface area (Å²) in [6, 6.07) is 7.70. The van der Waals surface area contributed by atoms with Crippen molar-refractivity contribution in [1.29, 1.82) is 0 Å². The molecule has 0 saturated carbocycles. The molecule has 0 atom stereocenters. The topological polar surface area (TPSA) is 70.6 Å². The van der Waals surface area contributed by atoms with E-state index in [0.717, 1.165) is 5.56 Å². The van der Waals surface area contributed by atoms with Crippen LogP contribution in [0, 0.1) is 6.92 Å². The third-order valence-electron chi connectivity index (χ3n) is 2.34. The average molecular weight is 264 g/mol. The van der Waals surface area contributed by atoms with Crippen LogP contribution in [-0.2, 0) is 4.74 Å². The second-order valence-corrected chi connectivity index (χ2v) is 3.98. The fraction of sp³-hybridized carbons (Fsp3) is 0.357. The summed E-state index contributed by atoms with van der Waals surface area (Å²) < 4.78 is 5.01. The molecule has 0 aliphatic carbocycles. The lowest BCUT2D eigenvalue weighted by molar-refractivity contribution is 0.0948. The van der Waals surface area contributed by atoms with Crippen LogP contribution in [-0.4, -0.2) is 37.5 Å². The molecular formula is C14H20N2O3. The number of amides is 2. The number of benzene rings is 1. The fourth-order valence-electron chi connectivity index (χ4n) is 1.35. The van der Waals surface area contributed by atoms with Crippen LogP contribution in [0.2, 0.25) is 0 Å². The molecule has 3 N–H and O–H groups in total. The van der Waals surface area contributed by atoms with Gasteiger partial charge in [0.1, 0.15) is 0 Å². The van der Waals surface area contributed by atoms with Crippen molar-refractivity contribution in [3.63, 3.8) is 0 Å². The maximum Gasteiger partial charge on any atom is 0.318 e. The number of urea groups is 1. The van der Waals surface area contributed by atoms with E-state index in [1.54, 1.807) is 6.20 Å². The summed E-state index contributed by atoms with van der Waals surface area (Å²) in [5, 5.41) is 13.7. The Kier molecular flexibility index (Phi) is 7.31. The molecule has 0 unspecified atom stereocenters. The standard InChI is InChI=1S/C14H20N2O3/c1-12-2-4-13(5-3-12)6-7-15-14(18)16-8-10-19-11-9-17/h2-7,17H,8-11H2,1H3,(H2,15,16,18)/b7-6+. The predicted octanol–water partition coefficient (Wildman–Crippen LogP) is 1.27. The first-order valence-electron chi connectivity index (χ1n) is 6.18. The fourth-order valence-corrected chi connectivity index (χ4v) is 1.35. The second kappa shape index (κ2) is 9.13. The normalized spacial score (nSPS) is 10.6. The number of rotatable bonds is 7. The van der Waals surface area contributed by atoms with E-state index in [-0.39, 0.29) is 19.2 Å². The minimum atomic E-state index is -0.282. The Bertz CT molecular complexity index is 402. The molecule has 0 saturated heterocycles. The van der Waals surface area contributed by atoms with E-state index in [9.17, 15) is 4.79 Å². The van der Waals surface area contributed by atoms with Crippen molar-refractivity contribution in [2.75, 3.05) is 26.4 Å². The minimum Gasteiger partial charge on any atom is -0.394 e. The van der Waals surface area contributed by atoms with E-state index in [4.69, 9.17) is 9.84 Å². The van der Waals surface area contributed by atoms with Crippen molar-refractivity contribution < 1.29 is 14.6 Å². The molecule has 0 spiro atoms. The van der Waals surface area contributed by atoms with E-state index in [0.29, 0.717) is 13.2 Å². The van der Waals surface area contributed by atoms with Gasteiger partial charge in [0.05, 0.1) is 19.8 Å². The summed E-state index contributed by atoms with van der Waals surface area (Å²) in [4.78, 5) is 11.3. The number of carbonyl (C=O) groups excluding carboxylic acids is 1. The van der Waals surface area contributed by atoms with Crippen LogP contribution in [0.1, 0.15) is 11.1 Å². The Morgan fingerprint density at radius 1 is 1.32 bits per heavy atom. The minimum absolute atomic E-state index is 0.00845. The molecule has 1 rings (SSSR count). The van der Waals surface area contributed by atoms with Crippen molar-refractivity contribution in [3.8, 4) is 0 Å². The summed E-state index contributed by atoms with van der Waals surface area (Å²) in [6.45, 7) is 3.10. The summed E-state index contributed by atoms with van der Waals surface area (Å²) >= 11 is 0. The van der Waals surface area contributed by atoms with Crippen LogP contribution in [0.3, 0.4) is 0 Å². The molecule has 5 nitrogen and oxygen atoms in total. The lowest BCUT2D eigenvalue weighted by atomic mass is 10.1. The van der Waals surface area contributed by atoms with Gasteiger partial charge in [0.2, 0.25) is 0 Å². The Labute approximate surface area is 113 Å². The summed E-state index contributed by atoms with van der Waals surface area (Å²) in [6.07, 6.45) is 3.41. The average Bonchev–Trinajstić information content (AvgIpc) is 2.41. The zero-order valence-electron chi connectivity index (χ0n) is 11.1. The summed E-state index contributed by atoms with van der Waals surface area (Å²) in [5.41, 5.74) is 2.22. The van der Waals surface area contributed by atoms with Crippen LogP contribution in [0.25, 0.3) is 6.08 Å². The summed E-state index contributed by atoms with van der Waals surface area (Å²) in [5.74, 6) is 0. The van der Waals surface area contributed by atoms with Gasteiger partial charge in [0, 0.05) is 12.7 Å². The second-order valence-electron chi connectivity index (χ2n) is 3.98. The molecule has 0 aliphatic heterocycles. The van der Waals surface area contributed by atoms with Gasteiger partial charge in [-0.2, -0.15) is 0 Å². The van der Waals surface area contributed by atoms with Gasteiger partial charge in [-0.15, -0.1) is 0 Å². The van der Waals surface area contributed by atoms with Gasteiger partial charge in [-0.1, -0.05) is 29.8 Å². The van der Waals surface area contributed by atoms with Crippen LogP contribution in [0.4, 0.5) is 4.79 Å². The Morgan fingerprint density at radius 3 is 2.74 bits per heavy atom. The van der Waals surface area contributed by atoms with Gasteiger partial charge in [-0.05, 0) is 18.6 Å². The Hall–Kier alpha value is -1.85. The smallest absolute Gasteiger partial charge is 0.318 e. The van der Waals surface area contributed by atoms with Crippen LogP contribution < -0.4 is 10.6 Å². The van der Waals surface area contributed by atoms with E-state index in [1.807, 2.05) is 37.3 Å². The summed E-state index contributed by atoms with van der Waals surface area (Å²) in [7, 11) is 0. The van der Waals surface area contributed by atoms with Crippen LogP contribution >= 0.6 is 0 Å².